The Kier molecular flexibility index (Phi) is 51.8. The standard InChI is InChI=1S/C76H135NO18/c1-3-5-7-9-11-13-15-17-19-21-23-24-25-26-27-28-29-30-31-32-33-34-36-37-39-41-43-45-47-49-51-53-60(81)59(77-64(82)54-52-50-48-46-44-42-40-38-35-22-20-18-16-14-12-10-8-6-4-2)58-90-74-70(88)67(85)72(62(56-79)92-74)95-76-71(89)68(86)73(63(57-80)93-76)94-75-69(87)66(84)65(83)61(55-78)91-75/h6,8,12,14,18,20,35,38,42,44,51,53,59-63,65-76,78-81,83-89H,3-5,7,9-11,13,15-17,19,21-34,36-37,39-41,43,45-50,52,54-58H2,1-2H3,(H,77,82)/b8-6-,14-12-,20-18-,38-35-,44-42-,53-51+. The predicted molar refractivity (Wildman–Crippen MR) is 374 cm³/mol. The molecule has 12 N–H and O–H groups in total. The fourth-order valence-corrected chi connectivity index (χ4v) is 12.5. The minimum Gasteiger partial charge on any atom is -0.394 e. The summed E-state index contributed by atoms with van der Waals surface area (Å²) in [6.07, 6.45) is 46.1. The van der Waals surface area contributed by atoms with Crippen LogP contribution in [0.15, 0.2) is 72.9 Å². The molecular formula is C76H135NO18. The average molecular weight is 1350 g/mol. The summed E-state index contributed by atoms with van der Waals surface area (Å²) < 4.78 is 34.4. The zero-order valence-electron chi connectivity index (χ0n) is 58.6. The Balaban J connectivity index is 1.40. The van der Waals surface area contributed by atoms with Crippen LogP contribution in [-0.2, 0) is 33.2 Å². The van der Waals surface area contributed by atoms with Crippen LogP contribution in [0.25, 0.3) is 0 Å². The molecule has 0 aromatic heterocycles. The molecule has 3 saturated heterocycles. The minimum absolute atomic E-state index is 0.201. The Morgan fingerprint density at radius 1 is 0.389 bits per heavy atom. The molecule has 17 unspecified atom stereocenters. The SMILES string of the molecule is CC/C=C\C/C=C\C/C=C\C/C=C\C/C=C\CCCCCC(=O)NC(COC1OC(CO)C(OC2OC(CO)C(OC3OC(CO)C(O)C(O)C3O)C(O)C2O)C(O)C1O)C(O)/C=C/CCCCCCCCCCCCCCCCCCCCCCCCCCCCCCC. The van der Waals surface area contributed by atoms with Gasteiger partial charge in [0, 0.05) is 6.42 Å². The molecule has 3 heterocycles. The molecular weight excluding hydrogens is 1210 g/mol. The maximum absolute atomic E-state index is 13.4. The second-order valence-electron chi connectivity index (χ2n) is 26.7. The summed E-state index contributed by atoms with van der Waals surface area (Å²) in [6.45, 7) is 1.61. The molecule has 0 bridgehead atoms. The first-order valence-electron chi connectivity index (χ1n) is 37.7. The van der Waals surface area contributed by atoms with Gasteiger partial charge in [0.25, 0.3) is 0 Å². The summed E-state index contributed by atoms with van der Waals surface area (Å²) in [6, 6.07) is -0.996. The lowest BCUT2D eigenvalue weighted by Gasteiger charge is -2.48. The van der Waals surface area contributed by atoms with Gasteiger partial charge in [-0.25, -0.2) is 0 Å². The van der Waals surface area contributed by atoms with Gasteiger partial charge in [-0.3, -0.25) is 4.79 Å². The van der Waals surface area contributed by atoms with Crippen molar-refractivity contribution in [2.45, 2.75) is 375 Å². The highest BCUT2D eigenvalue weighted by Crippen LogP contribution is 2.33. The van der Waals surface area contributed by atoms with Gasteiger partial charge in [0.1, 0.15) is 73.2 Å². The molecule has 3 rings (SSSR count). The number of hydrogen-bond donors (Lipinski definition) is 12. The summed E-state index contributed by atoms with van der Waals surface area (Å²) in [5.41, 5.74) is 0. The van der Waals surface area contributed by atoms with Gasteiger partial charge in [-0.2, -0.15) is 0 Å². The molecule has 17 atom stereocenters. The molecule has 3 aliphatic heterocycles. The number of unbranched alkanes of at least 4 members (excludes halogenated alkanes) is 32. The van der Waals surface area contributed by atoms with Crippen LogP contribution < -0.4 is 5.32 Å². The zero-order chi connectivity index (χ0) is 68.9. The number of allylic oxidation sites excluding steroid dienone is 11. The molecule has 3 aliphatic rings. The van der Waals surface area contributed by atoms with Gasteiger partial charge in [0.2, 0.25) is 5.91 Å². The van der Waals surface area contributed by atoms with Gasteiger partial charge in [-0.1, -0.05) is 273 Å². The van der Waals surface area contributed by atoms with E-state index >= 15 is 0 Å². The van der Waals surface area contributed by atoms with Crippen LogP contribution >= 0.6 is 0 Å². The summed E-state index contributed by atoms with van der Waals surface area (Å²) in [7, 11) is 0. The molecule has 0 aromatic carbocycles. The molecule has 3 fully saturated rings. The molecule has 0 aliphatic carbocycles. The Hall–Kier alpha value is -2.77. The average Bonchev–Trinajstić information content (AvgIpc) is 0.787. The minimum atomic E-state index is -1.99. The van der Waals surface area contributed by atoms with E-state index in [1.807, 2.05) is 6.08 Å². The maximum Gasteiger partial charge on any atom is 0.220 e. The number of carbonyl (C=O) groups excluding carboxylic acids is 1. The van der Waals surface area contributed by atoms with Crippen molar-refractivity contribution in [3.63, 3.8) is 0 Å². The Bertz CT molecular complexity index is 2000. The van der Waals surface area contributed by atoms with Crippen molar-refractivity contribution in [2.75, 3.05) is 26.4 Å². The number of rotatable bonds is 58. The predicted octanol–water partition coefficient (Wildman–Crippen LogP) is 11.3. The monoisotopic (exact) mass is 1350 g/mol. The van der Waals surface area contributed by atoms with Crippen LogP contribution in [0.4, 0.5) is 0 Å². The fourth-order valence-electron chi connectivity index (χ4n) is 12.5. The summed E-state index contributed by atoms with van der Waals surface area (Å²) in [5.74, 6) is -0.307. The molecule has 0 aromatic rings. The van der Waals surface area contributed by atoms with Crippen LogP contribution in [0.5, 0.6) is 0 Å². The molecule has 19 heteroatoms. The number of hydrogen-bond acceptors (Lipinski definition) is 18. The summed E-state index contributed by atoms with van der Waals surface area (Å²) in [4.78, 5) is 13.4. The Morgan fingerprint density at radius 2 is 0.726 bits per heavy atom. The Morgan fingerprint density at radius 3 is 1.14 bits per heavy atom. The molecule has 19 nitrogen and oxygen atoms in total. The topological polar surface area (TPSA) is 307 Å². The third-order valence-corrected chi connectivity index (χ3v) is 18.5. The number of nitrogens with one attached hydrogen (secondary N) is 1. The second kappa shape index (κ2) is 56.9. The highest BCUT2D eigenvalue weighted by Gasteiger charge is 2.53. The van der Waals surface area contributed by atoms with E-state index in [0.29, 0.717) is 6.42 Å². The van der Waals surface area contributed by atoms with Crippen molar-refractivity contribution in [2.24, 2.45) is 0 Å². The number of ether oxygens (including phenoxy) is 6. The lowest BCUT2D eigenvalue weighted by Crippen LogP contribution is -2.66. The van der Waals surface area contributed by atoms with Crippen LogP contribution in [0.1, 0.15) is 271 Å². The quantitative estimate of drug-likeness (QED) is 0.0199. The molecule has 0 radical (unpaired) electrons. The number of aliphatic hydroxyl groups excluding tert-OH is 11. The lowest BCUT2D eigenvalue weighted by molar-refractivity contribution is -0.379. The number of amides is 1. The van der Waals surface area contributed by atoms with Crippen molar-refractivity contribution in [3.8, 4) is 0 Å². The van der Waals surface area contributed by atoms with E-state index in [1.165, 1.54) is 167 Å². The van der Waals surface area contributed by atoms with Gasteiger partial charge in [0.05, 0.1) is 38.6 Å². The second-order valence-corrected chi connectivity index (χ2v) is 26.7. The largest absolute Gasteiger partial charge is 0.394 e. The van der Waals surface area contributed by atoms with E-state index < -0.39 is 124 Å². The van der Waals surface area contributed by atoms with Gasteiger partial charge in [0.15, 0.2) is 18.9 Å². The molecule has 0 saturated carbocycles. The molecule has 95 heavy (non-hydrogen) atoms. The van der Waals surface area contributed by atoms with E-state index in [4.69, 9.17) is 28.4 Å². The van der Waals surface area contributed by atoms with Crippen molar-refractivity contribution >= 4 is 5.91 Å². The van der Waals surface area contributed by atoms with Crippen LogP contribution in [-0.4, -0.2) is 193 Å². The summed E-state index contributed by atoms with van der Waals surface area (Å²) in [5, 5.41) is 121. The highest BCUT2D eigenvalue weighted by atomic mass is 16.8. The fraction of sp³-hybridized carbons (Fsp3) is 0.829. The molecule has 1 amide bonds. The number of aliphatic hydroxyl groups is 11. The van der Waals surface area contributed by atoms with Crippen molar-refractivity contribution in [1.29, 1.82) is 0 Å². The molecule has 0 spiro atoms. The van der Waals surface area contributed by atoms with Crippen LogP contribution in [0.3, 0.4) is 0 Å². The normalized spacial score (nSPS) is 27.6. The van der Waals surface area contributed by atoms with E-state index in [0.717, 1.165) is 77.0 Å². The van der Waals surface area contributed by atoms with Gasteiger partial charge in [-0.15, -0.1) is 0 Å². The van der Waals surface area contributed by atoms with E-state index in [1.54, 1.807) is 6.08 Å². The third-order valence-electron chi connectivity index (χ3n) is 18.5. The van der Waals surface area contributed by atoms with E-state index in [-0.39, 0.29) is 18.9 Å². The van der Waals surface area contributed by atoms with Crippen molar-refractivity contribution in [1.82, 2.24) is 5.32 Å². The smallest absolute Gasteiger partial charge is 0.220 e. The first-order valence-corrected chi connectivity index (χ1v) is 37.7. The van der Waals surface area contributed by atoms with E-state index in [2.05, 4.69) is 79.9 Å². The van der Waals surface area contributed by atoms with Crippen molar-refractivity contribution < 1.29 is 89.4 Å². The maximum atomic E-state index is 13.4. The lowest BCUT2D eigenvalue weighted by atomic mass is 9.96. The Labute approximate surface area is 572 Å². The highest BCUT2D eigenvalue weighted by molar-refractivity contribution is 5.76. The molecule has 552 valence electrons. The number of carbonyl (C=O) groups is 1. The van der Waals surface area contributed by atoms with Gasteiger partial charge >= 0.3 is 0 Å². The zero-order valence-corrected chi connectivity index (χ0v) is 58.6. The van der Waals surface area contributed by atoms with E-state index in [9.17, 15) is 61.0 Å². The van der Waals surface area contributed by atoms with Gasteiger partial charge in [-0.05, 0) is 64.2 Å². The van der Waals surface area contributed by atoms with Crippen LogP contribution in [0, 0.1) is 0 Å². The van der Waals surface area contributed by atoms with Crippen LogP contribution in [0.2, 0.25) is 0 Å². The third kappa shape index (κ3) is 38.0. The first-order chi connectivity index (χ1) is 46.3. The first kappa shape index (κ1) is 86.5. The van der Waals surface area contributed by atoms with Gasteiger partial charge < -0.3 is 89.9 Å². The summed E-state index contributed by atoms with van der Waals surface area (Å²) >= 11 is 0. The van der Waals surface area contributed by atoms with Crippen molar-refractivity contribution in [3.05, 3.63) is 72.9 Å².